The van der Waals surface area contributed by atoms with Crippen molar-refractivity contribution in [1.29, 1.82) is 0 Å². The predicted molar refractivity (Wildman–Crippen MR) is 220 cm³/mol. The van der Waals surface area contributed by atoms with Gasteiger partial charge in [-0.1, -0.05) is 193 Å². The minimum atomic E-state index is -0.763. The maximum atomic E-state index is 12.7. The average Bonchev–Trinajstić information content (AvgIpc) is 3.14. The van der Waals surface area contributed by atoms with Crippen molar-refractivity contribution in [2.24, 2.45) is 0 Å². The van der Waals surface area contributed by atoms with Gasteiger partial charge in [-0.25, -0.2) is 0 Å². The lowest BCUT2D eigenvalue weighted by Crippen LogP contribution is -2.30. The third-order valence-electron chi connectivity index (χ3n) is 10.0. The Morgan fingerprint density at radius 3 is 0.962 bits per heavy atom. The van der Waals surface area contributed by atoms with Crippen LogP contribution < -0.4 is 0 Å². The van der Waals surface area contributed by atoms with Gasteiger partial charge >= 0.3 is 17.9 Å². The molecule has 0 radical (unpaired) electrons. The van der Waals surface area contributed by atoms with Crippen molar-refractivity contribution in [3.63, 3.8) is 0 Å². The zero-order valence-electron chi connectivity index (χ0n) is 34.8. The molecule has 0 aromatic heterocycles. The van der Waals surface area contributed by atoms with Crippen LogP contribution in [0.3, 0.4) is 0 Å². The first-order valence-corrected chi connectivity index (χ1v) is 22.7. The molecule has 0 bridgehead atoms. The molecule has 0 fully saturated rings. The van der Waals surface area contributed by atoms with E-state index in [0.29, 0.717) is 19.3 Å². The van der Waals surface area contributed by atoms with Crippen LogP contribution in [0.15, 0.2) is 12.2 Å². The highest BCUT2D eigenvalue weighted by atomic mass is 16.6. The van der Waals surface area contributed by atoms with Crippen molar-refractivity contribution < 1.29 is 28.6 Å². The van der Waals surface area contributed by atoms with Crippen LogP contribution in [0.5, 0.6) is 0 Å². The summed E-state index contributed by atoms with van der Waals surface area (Å²) in [5.74, 6) is -0.874. The molecule has 0 saturated heterocycles. The molecular formula is C46H86O6. The van der Waals surface area contributed by atoms with Gasteiger partial charge in [-0.15, -0.1) is 0 Å². The molecule has 0 aromatic carbocycles. The van der Waals surface area contributed by atoms with E-state index in [2.05, 4.69) is 32.9 Å². The molecule has 0 amide bonds. The molecule has 0 heterocycles. The van der Waals surface area contributed by atoms with Crippen LogP contribution in [-0.2, 0) is 28.6 Å². The second-order valence-electron chi connectivity index (χ2n) is 15.3. The van der Waals surface area contributed by atoms with E-state index in [1.54, 1.807) is 0 Å². The molecule has 0 aromatic rings. The van der Waals surface area contributed by atoms with Crippen molar-refractivity contribution >= 4 is 17.9 Å². The maximum Gasteiger partial charge on any atom is 0.306 e. The van der Waals surface area contributed by atoms with Crippen molar-refractivity contribution in [3.8, 4) is 0 Å². The molecule has 306 valence electrons. The molecule has 1 atom stereocenters. The zero-order chi connectivity index (χ0) is 38.0. The summed E-state index contributed by atoms with van der Waals surface area (Å²) >= 11 is 0. The molecule has 0 aliphatic heterocycles. The number of carbonyl (C=O) groups is 3. The summed E-state index contributed by atoms with van der Waals surface area (Å²) in [6.07, 6.45) is 43.4. The van der Waals surface area contributed by atoms with Gasteiger partial charge in [0.1, 0.15) is 13.2 Å². The highest BCUT2D eigenvalue weighted by Crippen LogP contribution is 2.14. The van der Waals surface area contributed by atoms with E-state index in [1.165, 1.54) is 141 Å². The van der Waals surface area contributed by atoms with Gasteiger partial charge in [0.15, 0.2) is 6.10 Å². The molecule has 1 unspecified atom stereocenters. The van der Waals surface area contributed by atoms with Crippen molar-refractivity contribution in [2.45, 2.75) is 252 Å². The lowest BCUT2D eigenvalue weighted by Gasteiger charge is -2.18. The molecule has 52 heavy (non-hydrogen) atoms. The Balaban J connectivity index is 4.31. The largest absolute Gasteiger partial charge is 0.462 e. The monoisotopic (exact) mass is 735 g/mol. The van der Waals surface area contributed by atoms with Crippen LogP contribution in [0.4, 0.5) is 0 Å². The minimum absolute atomic E-state index is 0.0687. The van der Waals surface area contributed by atoms with Gasteiger partial charge < -0.3 is 14.2 Å². The summed E-state index contributed by atoms with van der Waals surface area (Å²) in [5.41, 5.74) is 0. The SMILES string of the molecule is CCCCCCCC/C=C\CCCCCCCC(=O)OCC(COC(=O)CCCCCCCCCCC)OC(=O)CCCCCCCCCCCC. The average molecular weight is 735 g/mol. The smallest absolute Gasteiger partial charge is 0.306 e. The summed E-state index contributed by atoms with van der Waals surface area (Å²) in [5, 5.41) is 0. The van der Waals surface area contributed by atoms with E-state index in [1.807, 2.05) is 0 Å². The normalized spacial score (nSPS) is 12.0. The third kappa shape index (κ3) is 39.4. The fourth-order valence-electron chi connectivity index (χ4n) is 6.55. The second-order valence-corrected chi connectivity index (χ2v) is 15.3. The third-order valence-corrected chi connectivity index (χ3v) is 10.0. The lowest BCUT2D eigenvalue weighted by molar-refractivity contribution is -0.167. The summed E-state index contributed by atoms with van der Waals surface area (Å²) < 4.78 is 16.7. The quantitative estimate of drug-likeness (QED) is 0.0269. The van der Waals surface area contributed by atoms with Gasteiger partial charge in [-0.3, -0.25) is 14.4 Å². The number of allylic oxidation sites excluding steroid dienone is 2. The molecule has 6 nitrogen and oxygen atoms in total. The molecule has 0 aliphatic carbocycles. The van der Waals surface area contributed by atoms with Crippen molar-refractivity contribution in [2.75, 3.05) is 13.2 Å². The number of hydrogen-bond donors (Lipinski definition) is 0. The Kier molecular flexibility index (Phi) is 40.4. The second kappa shape index (κ2) is 41.9. The van der Waals surface area contributed by atoms with Crippen LogP contribution in [-0.4, -0.2) is 37.2 Å². The van der Waals surface area contributed by atoms with Gasteiger partial charge in [-0.05, 0) is 44.9 Å². The van der Waals surface area contributed by atoms with E-state index in [0.717, 1.165) is 64.2 Å². The molecule has 0 N–H and O–H groups in total. The molecule has 0 rings (SSSR count). The highest BCUT2D eigenvalue weighted by molar-refractivity contribution is 5.71. The van der Waals surface area contributed by atoms with Crippen LogP contribution in [0.25, 0.3) is 0 Å². The standard InChI is InChI=1S/C46H86O6/c1-4-7-10-13-16-19-21-22-23-24-25-28-30-33-36-39-45(48)51-42-43(41-50-44(47)38-35-32-29-26-18-15-12-9-6-3)52-46(49)40-37-34-31-27-20-17-14-11-8-5-2/h22-23,43H,4-21,24-42H2,1-3H3/b23-22-. The Morgan fingerprint density at radius 1 is 0.365 bits per heavy atom. The summed E-state index contributed by atoms with van der Waals surface area (Å²) in [6, 6.07) is 0. The fourth-order valence-corrected chi connectivity index (χ4v) is 6.55. The van der Waals surface area contributed by atoms with Crippen LogP contribution in [0, 0.1) is 0 Å². The fraction of sp³-hybridized carbons (Fsp3) is 0.891. The van der Waals surface area contributed by atoms with E-state index < -0.39 is 6.10 Å². The number of esters is 3. The Labute approximate surface area is 322 Å². The van der Waals surface area contributed by atoms with Crippen molar-refractivity contribution in [3.05, 3.63) is 12.2 Å². The van der Waals surface area contributed by atoms with Crippen molar-refractivity contribution in [1.82, 2.24) is 0 Å². The zero-order valence-corrected chi connectivity index (χ0v) is 34.8. The van der Waals surface area contributed by atoms with Gasteiger partial charge in [0.2, 0.25) is 0 Å². The van der Waals surface area contributed by atoms with E-state index in [-0.39, 0.29) is 31.1 Å². The number of unbranched alkanes of at least 4 members (excludes halogenated alkanes) is 28. The summed E-state index contributed by atoms with van der Waals surface area (Å²) in [7, 11) is 0. The lowest BCUT2D eigenvalue weighted by atomic mass is 10.1. The Morgan fingerprint density at radius 2 is 0.635 bits per heavy atom. The first-order chi connectivity index (χ1) is 25.5. The number of rotatable bonds is 41. The summed E-state index contributed by atoms with van der Waals surface area (Å²) in [4.78, 5) is 37.6. The minimum Gasteiger partial charge on any atom is -0.462 e. The van der Waals surface area contributed by atoms with Gasteiger partial charge in [0.05, 0.1) is 0 Å². The molecule has 0 saturated carbocycles. The van der Waals surface area contributed by atoms with Crippen LogP contribution >= 0.6 is 0 Å². The molecule has 0 aliphatic rings. The highest BCUT2D eigenvalue weighted by Gasteiger charge is 2.19. The topological polar surface area (TPSA) is 78.9 Å². The Bertz CT molecular complexity index is 809. The van der Waals surface area contributed by atoms with Gasteiger partial charge in [0.25, 0.3) is 0 Å². The van der Waals surface area contributed by atoms with E-state index in [9.17, 15) is 14.4 Å². The number of carbonyl (C=O) groups excluding carboxylic acids is 3. The molecular weight excluding hydrogens is 648 g/mol. The van der Waals surface area contributed by atoms with Crippen LogP contribution in [0.1, 0.15) is 245 Å². The molecule has 6 heteroatoms. The van der Waals surface area contributed by atoms with Crippen LogP contribution in [0.2, 0.25) is 0 Å². The van der Waals surface area contributed by atoms with E-state index >= 15 is 0 Å². The number of ether oxygens (including phenoxy) is 3. The van der Waals surface area contributed by atoms with Gasteiger partial charge in [-0.2, -0.15) is 0 Å². The number of hydrogen-bond acceptors (Lipinski definition) is 6. The van der Waals surface area contributed by atoms with Gasteiger partial charge in [0, 0.05) is 19.3 Å². The van der Waals surface area contributed by atoms with E-state index in [4.69, 9.17) is 14.2 Å². The summed E-state index contributed by atoms with van der Waals surface area (Å²) in [6.45, 7) is 6.60. The maximum absolute atomic E-state index is 12.7. The predicted octanol–water partition coefficient (Wildman–Crippen LogP) is 14.3. The first kappa shape index (κ1) is 50.1. The first-order valence-electron chi connectivity index (χ1n) is 22.7. The molecule has 0 spiro atoms. The Hall–Kier alpha value is -1.85.